The summed E-state index contributed by atoms with van der Waals surface area (Å²) < 4.78 is 11.3. The lowest BCUT2D eigenvalue weighted by Gasteiger charge is -2.27. The Morgan fingerprint density at radius 3 is 2.24 bits per heavy atom. The van der Waals surface area contributed by atoms with Crippen molar-refractivity contribution in [2.24, 2.45) is 0 Å². The topological polar surface area (TPSA) is 84.9 Å². The summed E-state index contributed by atoms with van der Waals surface area (Å²) in [7, 11) is 0. The average molecular weight is 349 g/mol. The maximum atomic E-state index is 12.7. The van der Waals surface area contributed by atoms with Gasteiger partial charge in [-0.25, -0.2) is 4.79 Å². The summed E-state index contributed by atoms with van der Waals surface area (Å²) in [4.78, 5) is 23.4. The van der Waals surface area contributed by atoms with Gasteiger partial charge >= 0.3 is 5.97 Å². The molecule has 0 bridgehead atoms. The van der Waals surface area contributed by atoms with Crippen LogP contribution in [0.4, 0.5) is 0 Å². The molecular formula is C19H27NO5. The Bertz CT molecular complexity index is 670. The van der Waals surface area contributed by atoms with Crippen molar-refractivity contribution in [1.29, 1.82) is 0 Å². The number of rotatable bonds is 5. The summed E-state index contributed by atoms with van der Waals surface area (Å²) in [5.74, 6) is -0.702. The molecule has 1 unspecified atom stereocenters. The quantitative estimate of drug-likeness (QED) is 0.854. The summed E-state index contributed by atoms with van der Waals surface area (Å²) in [5, 5.41) is 11.8. The summed E-state index contributed by atoms with van der Waals surface area (Å²) >= 11 is 0. The van der Waals surface area contributed by atoms with Crippen LogP contribution in [0, 0.1) is 13.8 Å². The van der Waals surface area contributed by atoms with Crippen molar-refractivity contribution in [2.45, 2.75) is 65.2 Å². The minimum absolute atomic E-state index is 0.0847. The van der Waals surface area contributed by atoms with Gasteiger partial charge in [0, 0.05) is 5.56 Å². The van der Waals surface area contributed by atoms with Crippen molar-refractivity contribution in [3.8, 4) is 5.75 Å². The van der Waals surface area contributed by atoms with Gasteiger partial charge < -0.3 is 19.9 Å². The van der Waals surface area contributed by atoms with Crippen LogP contribution in [-0.2, 0) is 9.53 Å². The van der Waals surface area contributed by atoms with Gasteiger partial charge in [-0.05, 0) is 71.2 Å². The Morgan fingerprint density at radius 2 is 1.80 bits per heavy atom. The normalized spacial score (nSPS) is 21.0. The zero-order chi connectivity index (χ0) is 19.0. The largest absolute Gasteiger partial charge is 0.481 e. The number of carboxylic acid groups (broad SMARTS) is 1. The molecule has 1 aromatic rings. The lowest BCUT2D eigenvalue weighted by atomic mass is 9.94. The number of carbonyl (C=O) groups is 2. The highest BCUT2D eigenvalue weighted by molar-refractivity contribution is 5.95. The molecule has 6 heteroatoms. The zero-order valence-electron chi connectivity index (χ0n) is 15.7. The van der Waals surface area contributed by atoms with Crippen LogP contribution < -0.4 is 10.1 Å². The Kier molecular flexibility index (Phi) is 5.14. The summed E-state index contributed by atoms with van der Waals surface area (Å²) in [6.45, 7) is 11.2. The Hall–Kier alpha value is -2.08. The molecule has 138 valence electrons. The van der Waals surface area contributed by atoms with Crippen LogP contribution in [-0.4, -0.2) is 40.8 Å². The van der Waals surface area contributed by atoms with Crippen LogP contribution in [0.2, 0.25) is 0 Å². The second-order valence-electron chi connectivity index (χ2n) is 7.82. The minimum atomic E-state index is -1.04. The van der Waals surface area contributed by atoms with Gasteiger partial charge in [0.2, 0.25) is 0 Å². The number of carboxylic acids is 1. The first kappa shape index (κ1) is 19.2. The first-order chi connectivity index (χ1) is 11.4. The molecule has 1 atom stereocenters. The van der Waals surface area contributed by atoms with Crippen LogP contribution in [0.5, 0.6) is 5.75 Å². The lowest BCUT2D eigenvalue weighted by Crippen LogP contribution is -2.46. The van der Waals surface area contributed by atoms with E-state index in [0.29, 0.717) is 11.3 Å². The monoisotopic (exact) mass is 349 g/mol. The maximum Gasteiger partial charge on any atom is 0.341 e. The van der Waals surface area contributed by atoms with E-state index in [1.807, 2.05) is 27.7 Å². The van der Waals surface area contributed by atoms with E-state index in [9.17, 15) is 9.59 Å². The molecular weight excluding hydrogens is 322 g/mol. The van der Waals surface area contributed by atoms with Crippen molar-refractivity contribution >= 4 is 11.9 Å². The second kappa shape index (κ2) is 6.67. The smallest absolute Gasteiger partial charge is 0.341 e. The third-order valence-corrected chi connectivity index (χ3v) is 4.44. The molecule has 0 saturated carbocycles. The number of nitrogens with one attached hydrogen (secondary N) is 1. The van der Waals surface area contributed by atoms with Gasteiger partial charge in [-0.2, -0.15) is 0 Å². The minimum Gasteiger partial charge on any atom is -0.481 e. The van der Waals surface area contributed by atoms with Gasteiger partial charge in [-0.1, -0.05) is 0 Å². The van der Waals surface area contributed by atoms with Gasteiger partial charge in [0.1, 0.15) is 5.75 Å². The standard InChI is InChI=1S/C19H27NO5/c1-11-7-13(8-12(2)16(11)24-10-15(21)22)17(23)20-14-9-18(3,4)25-19(14,5)6/h7-8,14H,9-10H2,1-6H3,(H,20,23)(H,21,22). The molecule has 1 saturated heterocycles. The SMILES string of the molecule is Cc1cc(C(=O)NC2CC(C)(C)OC2(C)C)cc(C)c1OCC(=O)O. The molecule has 2 rings (SSSR count). The molecule has 1 aliphatic rings. The summed E-state index contributed by atoms with van der Waals surface area (Å²) in [6.07, 6.45) is 0.740. The van der Waals surface area contributed by atoms with Crippen molar-refractivity contribution in [3.05, 3.63) is 28.8 Å². The number of aliphatic carboxylic acids is 1. The number of aryl methyl sites for hydroxylation is 2. The van der Waals surface area contributed by atoms with Gasteiger partial charge in [0.25, 0.3) is 5.91 Å². The number of hydrogen-bond acceptors (Lipinski definition) is 4. The van der Waals surface area contributed by atoms with Gasteiger partial charge in [0.05, 0.1) is 17.2 Å². The molecule has 0 aromatic heterocycles. The predicted octanol–water partition coefficient (Wildman–Crippen LogP) is 2.84. The highest BCUT2D eigenvalue weighted by Gasteiger charge is 2.46. The first-order valence-electron chi connectivity index (χ1n) is 8.38. The van der Waals surface area contributed by atoms with Gasteiger partial charge in [-0.15, -0.1) is 0 Å². The fourth-order valence-electron chi connectivity index (χ4n) is 3.47. The number of carbonyl (C=O) groups excluding carboxylic acids is 1. The molecule has 6 nitrogen and oxygen atoms in total. The molecule has 1 aliphatic heterocycles. The van der Waals surface area contributed by atoms with Crippen molar-refractivity contribution in [2.75, 3.05) is 6.61 Å². The Labute approximate surface area is 148 Å². The third-order valence-electron chi connectivity index (χ3n) is 4.44. The number of benzene rings is 1. The molecule has 0 spiro atoms. The molecule has 1 aromatic carbocycles. The molecule has 1 amide bonds. The number of ether oxygens (including phenoxy) is 2. The van der Waals surface area contributed by atoms with Gasteiger partial charge in [0.15, 0.2) is 6.61 Å². The van der Waals surface area contributed by atoms with Gasteiger partial charge in [-0.3, -0.25) is 4.79 Å². The lowest BCUT2D eigenvalue weighted by molar-refractivity contribution is -0.139. The summed E-state index contributed by atoms with van der Waals surface area (Å²) in [5.41, 5.74) is 1.27. The van der Waals surface area contributed by atoms with E-state index >= 15 is 0 Å². The van der Waals surface area contributed by atoms with Crippen molar-refractivity contribution in [3.63, 3.8) is 0 Å². The maximum absolute atomic E-state index is 12.7. The van der Waals surface area contributed by atoms with Crippen LogP contribution in [0.25, 0.3) is 0 Å². The van der Waals surface area contributed by atoms with Crippen molar-refractivity contribution in [1.82, 2.24) is 5.32 Å². The number of hydrogen-bond donors (Lipinski definition) is 2. The fourth-order valence-corrected chi connectivity index (χ4v) is 3.47. The molecule has 25 heavy (non-hydrogen) atoms. The second-order valence-corrected chi connectivity index (χ2v) is 7.82. The van der Waals surface area contributed by atoms with Crippen LogP contribution in [0.15, 0.2) is 12.1 Å². The van der Waals surface area contributed by atoms with E-state index in [2.05, 4.69) is 5.32 Å². The van der Waals surface area contributed by atoms with Crippen LogP contribution >= 0.6 is 0 Å². The third kappa shape index (κ3) is 4.51. The molecule has 1 heterocycles. The first-order valence-corrected chi connectivity index (χ1v) is 8.38. The molecule has 0 aliphatic carbocycles. The average Bonchev–Trinajstić information content (AvgIpc) is 2.64. The van der Waals surface area contributed by atoms with Crippen LogP contribution in [0.3, 0.4) is 0 Å². The predicted molar refractivity (Wildman–Crippen MR) is 94.2 cm³/mol. The Balaban J connectivity index is 2.16. The number of amides is 1. The molecule has 0 radical (unpaired) electrons. The van der Waals surface area contributed by atoms with E-state index in [1.165, 1.54) is 0 Å². The summed E-state index contributed by atoms with van der Waals surface area (Å²) in [6, 6.07) is 3.35. The van der Waals surface area contributed by atoms with E-state index in [0.717, 1.165) is 17.5 Å². The fraction of sp³-hybridized carbons (Fsp3) is 0.579. The van der Waals surface area contributed by atoms with E-state index < -0.39 is 18.2 Å². The van der Waals surface area contributed by atoms with Crippen LogP contribution in [0.1, 0.15) is 55.6 Å². The molecule has 2 N–H and O–H groups in total. The molecule has 1 fully saturated rings. The van der Waals surface area contributed by atoms with E-state index in [-0.39, 0.29) is 17.6 Å². The zero-order valence-corrected chi connectivity index (χ0v) is 15.7. The van der Waals surface area contributed by atoms with E-state index in [1.54, 1.807) is 26.0 Å². The van der Waals surface area contributed by atoms with Crippen molar-refractivity contribution < 1.29 is 24.2 Å². The Morgan fingerprint density at radius 1 is 1.24 bits per heavy atom. The highest BCUT2D eigenvalue weighted by atomic mass is 16.5. The highest BCUT2D eigenvalue weighted by Crippen LogP contribution is 2.37. The van der Waals surface area contributed by atoms with E-state index in [4.69, 9.17) is 14.6 Å².